The molecule has 2 heteroatoms. The number of hydrogen-bond acceptors (Lipinski definition) is 2. The Kier molecular flexibility index (Phi) is 7.40. The minimum absolute atomic E-state index is 0.942. The summed E-state index contributed by atoms with van der Waals surface area (Å²) in [6.45, 7) is 4.37. The summed E-state index contributed by atoms with van der Waals surface area (Å²) in [5, 5.41) is 0. The molecule has 2 nitrogen and oxygen atoms in total. The van der Waals surface area contributed by atoms with Gasteiger partial charge in [-0.15, -0.1) is 0 Å². The SMILES string of the molecule is Cc1cc(-c2cc(-c3ccccc3)cc(-c3ccccc3)n2)cc(-c2cc(-c3ccccc3)cc(-c3ccccc3)n2)c1C. The van der Waals surface area contributed by atoms with Gasteiger partial charge in [-0.1, -0.05) is 121 Å². The molecule has 0 unspecified atom stereocenters. The highest BCUT2D eigenvalue weighted by atomic mass is 14.7. The van der Waals surface area contributed by atoms with Crippen LogP contribution in [0.5, 0.6) is 0 Å². The van der Waals surface area contributed by atoms with Gasteiger partial charge in [-0.3, -0.25) is 0 Å². The molecule has 0 aliphatic heterocycles. The van der Waals surface area contributed by atoms with Crippen LogP contribution in [0.1, 0.15) is 11.1 Å². The largest absolute Gasteiger partial charge is 0.248 e. The van der Waals surface area contributed by atoms with Crippen molar-refractivity contribution in [2.24, 2.45) is 0 Å². The average Bonchev–Trinajstić information content (AvgIpc) is 3.10. The Morgan fingerprint density at radius 1 is 0.318 bits per heavy atom. The lowest BCUT2D eigenvalue weighted by Crippen LogP contribution is -1.97. The highest BCUT2D eigenvalue weighted by molar-refractivity contribution is 5.82. The standard InChI is InChI=1S/C42H32N2/c1-29-23-37(41-27-35(31-15-7-3-8-16-31)25-39(43-41)33-19-11-5-12-20-33)24-38(30(29)2)42-28-36(32-17-9-4-10-18-32)26-40(44-42)34-21-13-6-14-22-34/h3-28H,1-2H3. The zero-order chi connectivity index (χ0) is 29.9. The Balaban J connectivity index is 1.43. The molecule has 7 aromatic rings. The maximum atomic E-state index is 5.25. The van der Waals surface area contributed by atoms with Gasteiger partial charge in [0.2, 0.25) is 0 Å². The molecule has 0 fully saturated rings. The summed E-state index contributed by atoms with van der Waals surface area (Å²) in [6, 6.07) is 55.3. The molecule has 7 rings (SSSR count). The van der Waals surface area contributed by atoms with E-state index in [-0.39, 0.29) is 0 Å². The highest BCUT2D eigenvalue weighted by Crippen LogP contribution is 2.36. The Labute approximate surface area is 259 Å². The minimum atomic E-state index is 0.942. The van der Waals surface area contributed by atoms with Crippen LogP contribution in [0.2, 0.25) is 0 Å². The van der Waals surface area contributed by atoms with E-state index >= 15 is 0 Å². The first kappa shape index (κ1) is 27.2. The lowest BCUT2D eigenvalue weighted by atomic mass is 9.92. The molecule has 2 heterocycles. The zero-order valence-electron chi connectivity index (χ0n) is 24.9. The summed E-state index contributed by atoms with van der Waals surface area (Å²) in [4.78, 5) is 10.5. The molecule has 0 aliphatic carbocycles. The van der Waals surface area contributed by atoms with Crippen molar-refractivity contribution in [3.05, 3.63) is 169 Å². The normalized spacial score (nSPS) is 11.0. The Morgan fingerprint density at radius 2 is 0.682 bits per heavy atom. The van der Waals surface area contributed by atoms with Crippen LogP contribution in [0.3, 0.4) is 0 Å². The lowest BCUT2D eigenvalue weighted by molar-refractivity contribution is 1.26. The molecule has 2 aromatic heterocycles. The number of aromatic nitrogens is 2. The summed E-state index contributed by atoms with van der Waals surface area (Å²) in [6.07, 6.45) is 0. The molecule has 210 valence electrons. The van der Waals surface area contributed by atoms with Crippen molar-refractivity contribution in [3.8, 4) is 67.3 Å². The van der Waals surface area contributed by atoms with Gasteiger partial charge in [-0.2, -0.15) is 0 Å². The molecule has 5 aromatic carbocycles. The third-order valence-corrected chi connectivity index (χ3v) is 8.24. The minimum Gasteiger partial charge on any atom is -0.248 e. The van der Waals surface area contributed by atoms with E-state index in [2.05, 4.69) is 159 Å². The van der Waals surface area contributed by atoms with E-state index in [0.29, 0.717) is 0 Å². The van der Waals surface area contributed by atoms with Gasteiger partial charge in [0.15, 0.2) is 0 Å². The molecule has 0 spiro atoms. The predicted molar refractivity (Wildman–Crippen MR) is 184 cm³/mol. The van der Waals surface area contributed by atoms with E-state index in [4.69, 9.17) is 9.97 Å². The van der Waals surface area contributed by atoms with Gasteiger partial charge in [-0.25, -0.2) is 9.97 Å². The molecular weight excluding hydrogens is 532 g/mol. The molecule has 0 aliphatic rings. The Bertz CT molecular complexity index is 1930. The number of benzene rings is 5. The fourth-order valence-electron chi connectivity index (χ4n) is 5.73. The number of nitrogens with zero attached hydrogens (tertiary/aromatic N) is 2. The van der Waals surface area contributed by atoms with E-state index in [1.165, 1.54) is 22.3 Å². The summed E-state index contributed by atoms with van der Waals surface area (Å²) < 4.78 is 0. The first-order valence-electron chi connectivity index (χ1n) is 15.0. The second-order valence-corrected chi connectivity index (χ2v) is 11.2. The summed E-state index contributed by atoms with van der Waals surface area (Å²) in [5.41, 5.74) is 15.2. The van der Waals surface area contributed by atoms with Crippen LogP contribution in [0, 0.1) is 13.8 Å². The monoisotopic (exact) mass is 564 g/mol. The van der Waals surface area contributed by atoms with Gasteiger partial charge in [0.1, 0.15) is 0 Å². The fourth-order valence-corrected chi connectivity index (χ4v) is 5.73. The molecule has 0 saturated carbocycles. The fraction of sp³-hybridized carbons (Fsp3) is 0.0476. The number of rotatable bonds is 6. The van der Waals surface area contributed by atoms with Crippen molar-refractivity contribution >= 4 is 0 Å². The second-order valence-electron chi connectivity index (χ2n) is 11.2. The van der Waals surface area contributed by atoms with Gasteiger partial charge in [0, 0.05) is 22.3 Å². The van der Waals surface area contributed by atoms with Gasteiger partial charge in [0.05, 0.1) is 22.8 Å². The van der Waals surface area contributed by atoms with Crippen LogP contribution >= 0.6 is 0 Å². The molecule has 0 N–H and O–H groups in total. The van der Waals surface area contributed by atoms with Crippen molar-refractivity contribution in [2.45, 2.75) is 13.8 Å². The van der Waals surface area contributed by atoms with Crippen molar-refractivity contribution in [2.75, 3.05) is 0 Å². The highest BCUT2D eigenvalue weighted by Gasteiger charge is 2.15. The van der Waals surface area contributed by atoms with Gasteiger partial charge in [0.25, 0.3) is 0 Å². The van der Waals surface area contributed by atoms with E-state index < -0.39 is 0 Å². The second kappa shape index (κ2) is 11.9. The number of aryl methyl sites for hydroxylation is 1. The van der Waals surface area contributed by atoms with Crippen LogP contribution in [-0.2, 0) is 0 Å². The van der Waals surface area contributed by atoms with Gasteiger partial charge >= 0.3 is 0 Å². The third kappa shape index (κ3) is 5.58. The lowest BCUT2D eigenvalue weighted by Gasteiger charge is -2.16. The molecule has 0 radical (unpaired) electrons. The quantitative estimate of drug-likeness (QED) is 0.201. The van der Waals surface area contributed by atoms with Crippen LogP contribution < -0.4 is 0 Å². The molecule has 44 heavy (non-hydrogen) atoms. The van der Waals surface area contributed by atoms with E-state index in [1.807, 2.05) is 12.1 Å². The smallest absolute Gasteiger partial charge is 0.0718 e. The average molecular weight is 565 g/mol. The Hall–Kier alpha value is -5.60. The molecule has 0 amide bonds. The van der Waals surface area contributed by atoms with Crippen LogP contribution in [0.25, 0.3) is 67.3 Å². The van der Waals surface area contributed by atoms with Crippen molar-refractivity contribution in [3.63, 3.8) is 0 Å². The van der Waals surface area contributed by atoms with E-state index in [1.54, 1.807) is 0 Å². The molecule has 0 saturated heterocycles. The van der Waals surface area contributed by atoms with Gasteiger partial charge < -0.3 is 0 Å². The zero-order valence-corrected chi connectivity index (χ0v) is 24.9. The maximum Gasteiger partial charge on any atom is 0.0718 e. The van der Waals surface area contributed by atoms with Crippen molar-refractivity contribution in [1.29, 1.82) is 0 Å². The van der Waals surface area contributed by atoms with E-state index in [9.17, 15) is 0 Å². The predicted octanol–water partition coefficient (Wildman–Crippen LogP) is 11.1. The molecule has 0 bridgehead atoms. The summed E-state index contributed by atoms with van der Waals surface area (Å²) in [5.74, 6) is 0. The number of pyridine rings is 2. The number of hydrogen-bond donors (Lipinski definition) is 0. The topological polar surface area (TPSA) is 25.8 Å². The van der Waals surface area contributed by atoms with Crippen LogP contribution in [0.4, 0.5) is 0 Å². The summed E-state index contributed by atoms with van der Waals surface area (Å²) >= 11 is 0. The maximum absolute atomic E-state index is 5.25. The Morgan fingerprint density at radius 3 is 1.14 bits per heavy atom. The molecular formula is C42H32N2. The van der Waals surface area contributed by atoms with Crippen molar-refractivity contribution < 1.29 is 0 Å². The third-order valence-electron chi connectivity index (χ3n) is 8.24. The first-order valence-corrected chi connectivity index (χ1v) is 15.0. The van der Waals surface area contributed by atoms with E-state index in [0.717, 1.165) is 56.2 Å². The molecule has 0 atom stereocenters. The summed E-state index contributed by atoms with van der Waals surface area (Å²) in [7, 11) is 0. The first-order chi connectivity index (χ1) is 21.6. The van der Waals surface area contributed by atoms with Gasteiger partial charge in [-0.05, 0) is 83.6 Å². The van der Waals surface area contributed by atoms with Crippen LogP contribution in [0.15, 0.2) is 158 Å². The van der Waals surface area contributed by atoms with Crippen molar-refractivity contribution in [1.82, 2.24) is 9.97 Å². The van der Waals surface area contributed by atoms with Crippen LogP contribution in [-0.4, -0.2) is 9.97 Å².